The molecule has 0 atom stereocenters. The molecule has 0 heterocycles. The van der Waals surface area contributed by atoms with Gasteiger partial charge in [-0.3, -0.25) is 19.6 Å². The van der Waals surface area contributed by atoms with Crippen LogP contribution in [0.1, 0.15) is 0 Å². The van der Waals surface area contributed by atoms with Gasteiger partial charge < -0.3 is 30.6 Å². The molecule has 166 valence electrons. The van der Waals surface area contributed by atoms with Gasteiger partial charge in [0.1, 0.15) is 22.2 Å². The van der Waals surface area contributed by atoms with Crippen LogP contribution in [0.3, 0.4) is 0 Å². The quantitative estimate of drug-likeness (QED) is 0.187. The van der Waals surface area contributed by atoms with Crippen molar-refractivity contribution in [2.45, 2.75) is 12.1 Å². The van der Waals surface area contributed by atoms with E-state index in [4.69, 9.17) is 0 Å². The molecule has 0 radical (unpaired) electrons. The third-order valence-electron chi connectivity index (χ3n) is 5.39. The second kappa shape index (κ2) is 8.24. The van der Waals surface area contributed by atoms with Gasteiger partial charge in [0.15, 0.2) is 0 Å². The number of phenols is 2. The zero-order valence-electron chi connectivity index (χ0n) is 16.7. The number of aromatic hydroxyl groups is 2. The Hall–Kier alpha value is -3.44. The lowest BCUT2D eigenvalue weighted by atomic mass is 9.86. The molecule has 2 aromatic carbocycles. The number of hydrogen-bond donors (Lipinski definition) is 6. The molecule has 0 saturated carbocycles. The van der Waals surface area contributed by atoms with E-state index >= 15 is 0 Å². The number of hydrogen-bond acceptors (Lipinski definition) is 10. The van der Waals surface area contributed by atoms with E-state index in [0.29, 0.717) is 11.1 Å². The minimum Gasteiger partial charge on any atom is -0.508 e. The summed E-state index contributed by atoms with van der Waals surface area (Å²) in [6.45, 7) is -2.14. The SMILES string of the molecule is O=c1c(=NC(CO)CO)c2cc(O)cc3c2-c2c1cc(O)cc2c(=NC(CO)CO)c3=O. The highest BCUT2D eigenvalue weighted by Gasteiger charge is 2.25. The topological polar surface area (TPSA) is 180 Å². The van der Waals surface area contributed by atoms with Crippen molar-refractivity contribution in [1.29, 1.82) is 0 Å². The van der Waals surface area contributed by atoms with E-state index in [1.54, 1.807) is 0 Å². The number of nitrogens with zero attached hydrogens (tertiary/aromatic N) is 2. The van der Waals surface area contributed by atoms with Crippen molar-refractivity contribution < 1.29 is 30.6 Å². The van der Waals surface area contributed by atoms with Crippen LogP contribution in [0.15, 0.2) is 43.8 Å². The Kier molecular flexibility index (Phi) is 5.61. The maximum atomic E-state index is 13.3. The normalized spacial score (nSPS) is 13.7. The Bertz CT molecular complexity index is 1380. The predicted octanol–water partition coefficient (Wildman–Crippen LogP) is -1.95. The fourth-order valence-corrected chi connectivity index (χ4v) is 3.92. The molecule has 2 aliphatic rings. The van der Waals surface area contributed by atoms with Crippen molar-refractivity contribution in [3.8, 4) is 22.6 Å². The van der Waals surface area contributed by atoms with Gasteiger partial charge in [-0.25, -0.2) is 0 Å². The molecule has 4 rings (SSSR count). The maximum Gasteiger partial charge on any atom is 0.212 e. The highest BCUT2D eigenvalue weighted by atomic mass is 16.3. The van der Waals surface area contributed by atoms with E-state index in [2.05, 4.69) is 9.98 Å². The van der Waals surface area contributed by atoms with Crippen LogP contribution in [0.5, 0.6) is 11.5 Å². The lowest BCUT2D eigenvalue weighted by molar-refractivity contribution is 0.193. The van der Waals surface area contributed by atoms with Gasteiger partial charge in [-0.15, -0.1) is 0 Å². The number of benzene rings is 4. The van der Waals surface area contributed by atoms with Gasteiger partial charge in [-0.1, -0.05) is 0 Å². The molecule has 10 nitrogen and oxygen atoms in total. The summed E-state index contributed by atoms with van der Waals surface area (Å²) in [5, 5.41) is 58.2. The standard InChI is InChI=1S/C22H20N2O8/c25-5-9(6-26)23-19-13-1-11(29)3-15-17(13)18-14(2-12(30)4-16(18)21(19)31)20(22(15)32)24-10(7-27)8-28/h1-4,9-10,25-30H,5-8H2. The molecule has 2 aliphatic carbocycles. The number of aliphatic hydroxyl groups is 4. The molecule has 0 bridgehead atoms. The molecular weight excluding hydrogens is 420 g/mol. The Balaban J connectivity index is 2.37. The van der Waals surface area contributed by atoms with Crippen LogP contribution in [0.25, 0.3) is 32.7 Å². The lowest BCUT2D eigenvalue weighted by Gasteiger charge is -2.18. The summed E-state index contributed by atoms with van der Waals surface area (Å²) in [5.74, 6) is -0.633. The summed E-state index contributed by atoms with van der Waals surface area (Å²) in [6, 6.07) is 2.95. The summed E-state index contributed by atoms with van der Waals surface area (Å²) in [4.78, 5) is 34.9. The van der Waals surface area contributed by atoms with E-state index in [9.17, 15) is 40.2 Å². The summed E-state index contributed by atoms with van der Waals surface area (Å²) < 4.78 is 0. The van der Waals surface area contributed by atoms with Crippen molar-refractivity contribution in [2.24, 2.45) is 9.98 Å². The third-order valence-corrected chi connectivity index (χ3v) is 5.39. The first-order valence-electron chi connectivity index (χ1n) is 9.78. The Morgan fingerprint density at radius 2 is 0.906 bits per heavy atom. The number of rotatable bonds is 6. The number of aliphatic hydroxyl groups excluding tert-OH is 4. The van der Waals surface area contributed by atoms with E-state index < -0.39 is 49.4 Å². The zero-order valence-corrected chi connectivity index (χ0v) is 16.7. The van der Waals surface area contributed by atoms with Gasteiger partial charge in [0.05, 0.1) is 38.5 Å². The minimum atomic E-state index is -1.00. The van der Waals surface area contributed by atoms with Gasteiger partial charge in [-0.05, 0) is 24.3 Å². The highest BCUT2D eigenvalue weighted by molar-refractivity contribution is 6.12. The van der Waals surface area contributed by atoms with Crippen LogP contribution in [-0.2, 0) is 0 Å². The molecule has 0 fully saturated rings. The second-order valence-corrected chi connectivity index (χ2v) is 7.48. The van der Waals surface area contributed by atoms with Gasteiger partial charge in [0.2, 0.25) is 10.9 Å². The van der Waals surface area contributed by atoms with Crippen molar-refractivity contribution >= 4 is 21.5 Å². The Labute approximate surface area is 179 Å². The minimum absolute atomic E-state index is 0.0255. The summed E-state index contributed by atoms with van der Waals surface area (Å²) in [5.41, 5.74) is -0.672. The van der Waals surface area contributed by atoms with E-state index in [0.717, 1.165) is 0 Å². The van der Waals surface area contributed by atoms with Crippen molar-refractivity contribution in [1.82, 2.24) is 0 Å². The fourth-order valence-electron chi connectivity index (χ4n) is 3.92. The molecule has 0 amide bonds. The lowest BCUT2D eigenvalue weighted by Crippen LogP contribution is -2.35. The average molecular weight is 440 g/mol. The van der Waals surface area contributed by atoms with Crippen LogP contribution in [0, 0.1) is 0 Å². The van der Waals surface area contributed by atoms with E-state index in [-0.39, 0.29) is 43.8 Å². The van der Waals surface area contributed by atoms with Gasteiger partial charge in [0, 0.05) is 32.7 Å². The van der Waals surface area contributed by atoms with Crippen LogP contribution < -0.4 is 21.6 Å². The molecule has 6 N–H and O–H groups in total. The van der Waals surface area contributed by atoms with Crippen molar-refractivity contribution in [3.63, 3.8) is 0 Å². The molecular formula is C22H20N2O8. The van der Waals surface area contributed by atoms with Crippen molar-refractivity contribution in [2.75, 3.05) is 26.4 Å². The molecule has 0 aromatic heterocycles. The van der Waals surface area contributed by atoms with E-state index in [1.165, 1.54) is 24.3 Å². The Morgan fingerprint density at radius 3 is 1.22 bits per heavy atom. The number of phenolic OH excluding ortho intramolecular Hbond substituents is 2. The smallest absolute Gasteiger partial charge is 0.212 e. The van der Waals surface area contributed by atoms with Gasteiger partial charge in [-0.2, -0.15) is 0 Å². The molecule has 0 unspecified atom stereocenters. The van der Waals surface area contributed by atoms with Crippen LogP contribution >= 0.6 is 0 Å². The molecule has 10 heteroatoms. The first-order chi connectivity index (χ1) is 15.3. The second-order valence-electron chi connectivity index (χ2n) is 7.48. The first-order valence-corrected chi connectivity index (χ1v) is 9.78. The van der Waals surface area contributed by atoms with Gasteiger partial charge >= 0.3 is 0 Å². The average Bonchev–Trinajstić information content (AvgIpc) is 2.78. The third kappa shape index (κ3) is 3.30. The summed E-state index contributed by atoms with van der Waals surface area (Å²) in [7, 11) is 0. The van der Waals surface area contributed by atoms with Crippen molar-refractivity contribution in [3.05, 3.63) is 55.4 Å². The van der Waals surface area contributed by atoms with Crippen LogP contribution in [0.4, 0.5) is 0 Å². The zero-order chi connectivity index (χ0) is 23.2. The summed E-state index contributed by atoms with van der Waals surface area (Å²) >= 11 is 0. The highest BCUT2D eigenvalue weighted by Crippen LogP contribution is 2.37. The van der Waals surface area contributed by atoms with Crippen LogP contribution in [-0.4, -0.2) is 69.2 Å². The molecule has 0 saturated heterocycles. The summed E-state index contributed by atoms with van der Waals surface area (Å²) in [6.07, 6.45) is 0. The monoisotopic (exact) mass is 440 g/mol. The Morgan fingerprint density at radius 1 is 0.594 bits per heavy atom. The molecule has 0 aliphatic heterocycles. The first kappa shape index (κ1) is 21.8. The maximum absolute atomic E-state index is 13.3. The predicted molar refractivity (Wildman–Crippen MR) is 115 cm³/mol. The van der Waals surface area contributed by atoms with Gasteiger partial charge in [0.25, 0.3) is 0 Å². The van der Waals surface area contributed by atoms with Crippen LogP contribution in [0.2, 0.25) is 0 Å². The van der Waals surface area contributed by atoms with E-state index in [1.807, 2.05) is 0 Å². The largest absolute Gasteiger partial charge is 0.508 e. The molecule has 2 aromatic rings. The fraction of sp³-hybridized carbons (Fsp3) is 0.273. The molecule has 0 spiro atoms. The molecule has 32 heavy (non-hydrogen) atoms.